The number of hydroxylamine groups is 2. The maximum Gasteiger partial charge on any atom is 0.129 e. The third-order valence-corrected chi connectivity index (χ3v) is 5.37. The van der Waals surface area contributed by atoms with Crippen LogP contribution in [0, 0.1) is 5.92 Å². The van der Waals surface area contributed by atoms with Crippen molar-refractivity contribution in [2.45, 2.75) is 45.2 Å². The highest BCUT2D eigenvalue weighted by atomic mass is 79.9. The Bertz CT molecular complexity index is 599. The normalized spacial score (nSPS) is 23.1. The molecule has 0 N–H and O–H groups in total. The summed E-state index contributed by atoms with van der Waals surface area (Å²) in [5.41, 5.74) is 2.02. The summed E-state index contributed by atoms with van der Waals surface area (Å²) in [6, 6.07) is 5.62. The summed E-state index contributed by atoms with van der Waals surface area (Å²) in [5.74, 6) is 1.65. The first-order valence-electron chi connectivity index (χ1n) is 7.54. The van der Waals surface area contributed by atoms with Gasteiger partial charge in [0.25, 0.3) is 0 Å². The molecule has 0 amide bonds. The van der Waals surface area contributed by atoms with Gasteiger partial charge in [-0.3, -0.25) is 0 Å². The molecule has 0 aromatic heterocycles. The van der Waals surface area contributed by atoms with Crippen LogP contribution in [-0.2, 0) is 4.84 Å². The van der Waals surface area contributed by atoms with Crippen LogP contribution >= 0.6 is 39.1 Å². The molecule has 2 nitrogen and oxygen atoms in total. The van der Waals surface area contributed by atoms with Gasteiger partial charge in [-0.2, -0.15) is 0 Å². The first-order valence-corrected chi connectivity index (χ1v) is 9.42. The highest BCUT2D eigenvalue weighted by Gasteiger charge is 2.47. The van der Waals surface area contributed by atoms with Crippen molar-refractivity contribution in [3.05, 3.63) is 45.1 Å². The monoisotopic (exact) mass is 403 g/mol. The first-order chi connectivity index (χ1) is 10.3. The number of alkyl halides is 1. The summed E-state index contributed by atoms with van der Waals surface area (Å²) in [4.78, 5) is 6.30. The molecule has 1 unspecified atom stereocenters. The Morgan fingerprint density at radius 2 is 1.82 bits per heavy atom. The van der Waals surface area contributed by atoms with E-state index < -0.39 is 0 Å². The van der Waals surface area contributed by atoms with Crippen LogP contribution < -0.4 is 0 Å². The second-order valence-electron chi connectivity index (χ2n) is 6.92. The Labute approximate surface area is 150 Å². The Morgan fingerprint density at radius 3 is 2.27 bits per heavy atom. The second kappa shape index (κ2) is 6.01. The van der Waals surface area contributed by atoms with Crippen molar-refractivity contribution < 1.29 is 4.84 Å². The Morgan fingerprint density at radius 1 is 1.23 bits per heavy atom. The van der Waals surface area contributed by atoms with E-state index in [1.54, 1.807) is 0 Å². The molecule has 1 atom stereocenters. The Hall–Kier alpha value is -0.220. The molecule has 120 valence electrons. The maximum absolute atomic E-state index is 6.49. The van der Waals surface area contributed by atoms with Crippen LogP contribution in [-0.4, -0.2) is 15.9 Å². The van der Waals surface area contributed by atoms with Crippen molar-refractivity contribution in [1.82, 2.24) is 5.06 Å². The van der Waals surface area contributed by atoms with Crippen molar-refractivity contribution in [3.63, 3.8) is 0 Å². The van der Waals surface area contributed by atoms with Gasteiger partial charge < -0.3 is 4.84 Å². The fraction of sp³-hybridized carbons (Fsp3) is 0.529. The minimum atomic E-state index is -0.156. The van der Waals surface area contributed by atoms with Crippen LogP contribution in [0.2, 0.25) is 10.0 Å². The minimum absolute atomic E-state index is 0.0452. The molecule has 5 heteroatoms. The average Bonchev–Trinajstić information content (AvgIpc) is 3.19. The van der Waals surface area contributed by atoms with Gasteiger partial charge in [0.2, 0.25) is 0 Å². The van der Waals surface area contributed by atoms with Crippen LogP contribution in [0.1, 0.15) is 45.2 Å². The predicted octanol–water partition coefficient (Wildman–Crippen LogP) is 6.14. The van der Waals surface area contributed by atoms with E-state index in [0.29, 0.717) is 16.0 Å². The zero-order chi connectivity index (χ0) is 16.1. The number of hydrogen-bond acceptors (Lipinski definition) is 2. The van der Waals surface area contributed by atoms with E-state index in [2.05, 4.69) is 36.7 Å². The van der Waals surface area contributed by atoms with Crippen LogP contribution in [0.15, 0.2) is 29.5 Å². The third kappa shape index (κ3) is 2.93. The number of halogens is 3. The molecule has 22 heavy (non-hydrogen) atoms. The van der Waals surface area contributed by atoms with E-state index in [-0.39, 0.29) is 11.6 Å². The molecule has 0 spiro atoms. The molecule has 1 saturated carbocycles. The summed E-state index contributed by atoms with van der Waals surface area (Å²) in [5, 5.41) is 4.18. The largest absolute Gasteiger partial charge is 0.409 e. The molecule has 1 fully saturated rings. The summed E-state index contributed by atoms with van der Waals surface area (Å²) >= 11 is 16.6. The van der Waals surface area contributed by atoms with E-state index in [0.717, 1.165) is 16.7 Å². The van der Waals surface area contributed by atoms with Crippen molar-refractivity contribution in [2.24, 2.45) is 5.92 Å². The zero-order valence-electron chi connectivity index (χ0n) is 13.0. The quantitative estimate of drug-likeness (QED) is 0.561. The lowest BCUT2D eigenvalue weighted by Crippen LogP contribution is -2.41. The fourth-order valence-electron chi connectivity index (χ4n) is 2.90. The summed E-state index contributed by atoms with van der Waals surface area (Å²) in [6.45, 7) is 6.44. The Balaban J connectivity index is 2.14. The van der Waals surface area contributed by atoms with Gasteiger partial charge in [-0.05, 0) is 45.7 Å². The lowest BCUT2D eigenvalue weighted by Gasteiger charge is -2.36. The van der Waals surface area contributed by atoms with Crippen LogP contribution in [0.3, 0.4) is 0 Å². The molecule has 1 aromatic rings. The highest BCUT2D eigenvalue weighted by Crippen LogP contribution is 2.52. The summed E-state index contributed by atoms with van der Waals surface area (Å²) in [6.07, 6.45) is 2.40. The molecule has 0 radical (unpaired) electrons. The molecule has 1 aromatic carbocycles. The van der Waals surface area contributed by atoms with E-state index in [9.17, 15) is 0 Å². The summed E-state index contributed by atoms with van der Waals surface area (Å²) < 4.78 is 0. The molecule has 1 aliphatic heterocycles. The lowest BCUT2D eigenvalue weighted by molar-refractivity contribution is -0.181. The van der Waals surface area contributed by atoms with Gasteiger partial charge in [0, 0.05) is 38.0 Å². The fourth-order valence-corrected chi connectivity index (χ4v) is 4.09. The van der Waals surface area contributed by atoms with Crippen molar-refractivity contribution in [1.29, 1.82) is 0 Å². The van der Waals surface area contributed by atoms with Gasteiger partial charge in [-0.1, -0.05) is 45.2 Å². The average molecular weight is 405 g/mol. The van der Waals surface area contributed by atoms with Crippen molar-refractivity contribution in [2.75, 3.05) is 5.33 Å². The number of benzene rings is 1. The molecule has 1 aliphatic carbocycles. The predicted molar refractivity (Wildman–Crippen MR) is 95.4 cm³/mol. The zero-order valence-corrected chi connectivity index (χ0v) is 16.1. The van der Waals surface area contributed by atoms with Crippen LogP contribution in [0.5, 0.6) is 0 Å². The van der Waals surface area contributed by atoms with Crippen LogP contribution in [0.25, 0.3) is 0 Å². The van der Waals surface area contributed by atoms with Gasteiger partial charge >= 0.3 is 0 Å². The van der Waals surface area contributed by atoms with Crippen LogP contribution in [0.4, 0.5) is 0 Å². The van der Waals surface area contributed by atoms with Crippen molar-refractivity contribution in [3.8, 4) is 0 Å². The third-order valence-electron chi connectivity index (χ3n) is 4.10. The van der Waals surface area contributed by atoms with E-state index in [1.165, 1.54) is 18.4 Å². The molecule has 2 aliphatic rings. The van der Waals surface area contributed by atoms with Crippen molar-refractivity contribution >= 4 is 39.1 Å². The van der Waals surface area contributed by atoms with Gasteiger partial charge in [0.15, 0.2) is 0 Å². The smallest absolute Gasteiger partial charge is 0.129 e. The standard InChI is InChI=1S/C17H20BrCl2NO/c1-17(2,3)21-15(14-12(19)5-4-6-13(14)20)11(9-18)16(22-21)10-7-8-10/h4-6,10,15H,7-9H2,1-3H3. The van der Waals surface area contributed by atoms with E-state index >= 15 is 0 Å². The molecular formula is C17H20BrCl2NO. The molecular weight excluding hydrogens is 385 g/mol. The summed E-state index contributed by atoms with van der Waals surface area (Å²) in [7, 11) is 0. The number of nitrogens with zero attached hydrogens (tertiary/aromatic N) is 1. The SMILES string of the molecule is CC(C)(C)N1OC(C2CC2)=C(CBr)C1c1c(Cl)cccc1Cl. The van der Waals surface area contributed by atoms with Gasteiger partial charge in [0.1, 0.15) is 5.76 Å². The number of rotatable bonds is 3. The number of allylic oxidation sites excluding steroid dienone is 1. The van der Waals surface area contributed by atoms with E-state index in [4.69, 9.17) is 28.0 Å². The molecule has 0 saturated heterocycles. The molecule has 1 heterocycles. The minimum Gasteiger partial charge on any atom is -0.409 e. The number of hydrogen-bond donors (Lipinski definition) is 0. The van der Waals surface area contributed by atoms with Gasteiger partial charge in [0.05, 0.1) is 6.04 Å². The highest BCUT2D eigenvalue weighted by molar-refractivity contribution is 9.09. The molecule has 3 rings (SSSR count). The lowest BCUT2D eigenvalue weighted by atomic mass is 9.95. The first kappa shape index (κ1) is 16.6. The van der Waals surface area contributed by atoms with Gasteiger partial charge in [-0.25, -0.2) is 0 Å². The molecule has 0 bridgehead atoms. The topological polar surface area (TPSA) is 12.5 Å². The Kier molecular flexibility index (Phi) is 4.54. The second-order valence-corrected chi connectivity index (χ2v) is 8.30. The van der Waals surface area contributed by atoms with Gasteiger partial charge in [-0.15, -0.1) is 5.06 Å². The maximum atomic E-state index is 6.49. The van der Waals surface area contributed by atoms with E-state index in [1.807, 2.05) is 23.3 Å².